The third-order valence-corrected chi connectivity index (χ3v) is 3.34. The molecule has 0 fully saturated rings. The number of nitrogen functional groups attached to an aromatic ring is 1. The number of aromatic amines is 1. The smallest absolute Gasteiger partial charge is 0.135 e. The van der Waals surface area contributed by atoms with Crippen LogP contribution in [0.5, 0.6) is 0 Å². The van der Waals surface area contributed by atoms with E-state index in [-0.39, 0.29) is 12.4 Å². The van der Waals surface area contributed by atoms with Crippen molar-refractivity contribution in [2.75, 3.05) is 24.2 Å². The zero-order chi connectivity index (χ0) is 15.5. The van der Waals surface area contributed by atoms with Crippen LogP contribution < -0.4 is 11.1 Å². The summed E-state index contributed by atoms with van der Waals surface area (Å²) in [6, 6.07) is 6.55. The number of hydrogen-bond acceptors (Lipinski definition) is 5. The first-order valence-corrected chi connectivity index (χ1v) is 6.93. The van der Waals surface area contributed by atoms with Gasteiger partial charge in [0.25, 0.3) is 0 Å². The molecule has 6 nitrogen and oxygen atoms in total. The summed E-state index contributed by atoms with van der Waals surface area (Å²) < 4.78 is 14.5. The molecule has 22 heavy (non-hydrogen) atoms. The highest BCUT2D eigenvalue weighted by molar-refractivity contribution is 5.95. The average Bonchev–Trinajstić information content (AvgIpc) is 3.00. The fourth-order valence-corrected chi connectivity index (χ4v) is 2.35. The van der Waals surface area contributed by atoms with Crippen molar-refractivity contribution in [2.24, 2.45) is 0 Å². The van der Waals surface area contributed by atoms with Gasteiger partial charge in [-0.1, -0.05) is 0 Å². The maximum Gasteiger partial charge on any atom is 0.135 e. The summed E-state index contributed by atoms with van der Waals surface area (Å²) in [6.45, 7) is 0.592. The molecule has 2 heterocycles. The molecule has 0 saturated heterocycles. The van der Waals surface area contributed by atoms with E-state index >= 15 is 0 Å². The summed E-state index contributed by atoms with van der Waals surface area (Å²) in [7, 11) is 0. The number of nitrogens with one attached hydrogen (secondary N) is 2. The number of rotatable bonds is 5. The minimum absolute atomic E-state index is 0.0674. The number of nitrogens with zero attached hydrogens (tertiary/aromatic N) is 2. The number of nitrogens with two attached hydrogens (primary N) is 1. The van der Waals surface area contributed by atoms with E-state index in [1.165, 1.54) is 6.07 Å². The van der Waals surface area contributed by atoms with Crippen molar-refractivity contribution < 1.29 is 9.50 Å². The van der Waals surface area contributed by atoms with Crippen LogP contribution >= 0.6 is 0 Å². The molecule has 0 aliphatic heterocycles. The lowest BCUT2D eigenvalue weighted by molar-refractivity contribution is 0.292. The molecule has 0 aliphatic rings. The van der Waals surface area contributed by atoms with Crippen LogP contribution in [-0.4, -0.2) is 33.4 Å². The zero-order valence-electron chi connectivity index (χ0n) is 11.8. The van der Waals surface area contributed by atoms with Crippen molar-refractivity contribution in [3.63, 3.8) is 0 Å². The van der Waals surface area contributed by atoms with Gasteiger partial charge in [-0.05, 0) is 24.6 Å². The molecule has 0 saturated carbocycles. The normalized spacial score (nSPS) is 11.0. The second-order valence-corrected chi connectivity index (χ2v) is 4.92. The van der Waals surface area contributed by atoms with Gasteiger partial charge >= 0.3 is 0 Å². The number of benzene rings is 1. The molecule has 0 aliphatic carbocycles. The van der Waals surface area contributed by atoms with Gasteiger partial charge in [0, 0.05) is 31.0 Å². The predicted molar refractivity (Wildman–Crippen MR) is 83.9 cm³/mol. The van der Waals surface area contributed by atoms with Gasteiger partial charge in [-0.15, -0.1) is 0 Å². The number of hydrogen-bond donors (Lipinski definition) is 4. The topological polar surface area (TPSA) is 99.9 Å². The number of anilines is 2. The summed E-state index contributed by atoms with van der Waals surface area (Å²) >= 11 is 0. The van der Waals surface area contributed by atoms with E-state index in [0.29, 0.717) is 46.6 Å². The molecule has 0 unspecified atom stereocenters. The number of H-pyrrole nitrogens is 1. The number of pyridine rings is 1. The molecule has 2 aromatic heterocycles. The van der Waals surface area contributed by atoms with Crippen LogP contribution in [0.25, 0.3) is 22.2 Å². The number of aliphatic hydroxyl groups is 1. The second-order valence-electron chi connectivity index (χ2n) is 4.92. The first-order chi connectivity index (χ1) is 10.7. The molecule has 3 rings (SSSR count). The lowest BCUT2D eigenvalue weighted by Crippen LogP contribution is -2.06. The number of halogens is 1. The molecular formula is C15H16FN5O. The molecule has 1 aromatic carbocycles. The van der Waals surface area contributed by atoms with Crippen LogP contribution in [0.4, 0.5) is 15.9 Å². The quantitative estimate of drug-likeness (QED) is 0.541. The molecule has 5 N–H and O–H groups in total. The van der Waals surface area contributed by atoms with Crippen molar-refractivity contribution in [1.29, 1.82) is 0 Å². The maximum atomic E-state index is 14.5. The van der Waals surface area contributed by atoms with Crippen molar-refractivity contribution in [3.05, 3.63) is 36.3 Å². The minimum Gasteiger partial charge on any atom is -0.396 e. The van der Waals surface area contributed by atoms with Crippen molar-refractivity contribution in [3.8, 4) is 11.3 Å². The second kappa shape index (κ2) is 5.98. The largest absolute Gasteiger partial charge is 0.396 e. The van der Waals surface area contributed by atoms with E-state index in [1.807, 2.05) is 0 Å². The minimum atomic E-state index is -0.388. The Kier molecular flexibility index (Phi) is 3.88. The van der Waals surface area contributed by atoms with E-state index < -0.39 is 0 Å². The third-order valence-electron chi connectivity index (χ3n) is 3.34. The molecule has 0 bridgehead atoms. The highest BCUT2D eigenvalue weighted by atomic mass is 19.1. The van der Waals surface area contributed by atoms with Crippen LogP contribution in [-0.2, 0) is 0 Å². The Labute approximate surface area is 126 Å². The standard InChI is InChI=1S/C15H16FN5O/c16-10-6-9(11-2-4-19-21-11)7-13-15(10)12(8-14(17)20-13)18-3-1-5-22/h2,4,6-8,22H,1,3,5H2,(H,19,21)(H3,17,18,20). The molecule has 3 aromatic rings. The maximum absolute atomic E-state index is 14.5. The molecule has 0 spiro atoms. The SMILES string of the molecule is Nc1cc(NCCCO)c2c(F)cc(-c3ccn[nH]3)cc2n1. The van der Waals surface area contributed by atoms with Gasteiger partial charge < -0.3 is 16.2 Å². The molecule has 7 heteroatoms. The van der Waals surface area contributed by atoms with Gasteiger partial charge in [0.05, 0.1) is 22.3 Å². The Bertz CT molecular complexity index is 788. The molecular weight excluding hydrogens is 285 g/mol. The van der Waals surface area contributed by atoms with Crippen molar-refractivity contribution in [2.45, 2.75) is 6.42 Å². The molecule has 0 amide bonds. The summed E-state index contributed by atoms with van der Waals surface area (Å²) in [6.07, 6.45) is 2.17. The summed E-state index contributed by atoms with van der Waals surface area (Å²) in [5.74, 6) is -0.0822. The summed E-state index contributed by atoms with van der Waals surface area (Å²) in [5.41, 5.74) is 8.21. The van der Waals surface area contributed by atoms with E-state index in [9.17, 15) is 4.39 Å². The van der Waals surface area contributed by atoms with E-state index in [2.05, 4.69) is 20.5 Å². The van der Waals surface area contributed by atoms with Crippen molar-refractivity contribution >= 4 is 22.4 Å². The van der Waals surface area contributed by atoms with Gasteiger partial charge in [-0.3, -0.25) is 5.10 Å². The van der Waals surface area contributed by atoms with Crippen LogP contribution in [0.15, 0.2) is 30.5 Å². The van der Waals surface area contributed by atoms with Crippen LogP contribution in [0.2, 0.25) is 0 Å². The van der Waals surface area contributed by atoms with Gasteiger partial charge in [0.15, 0.2) is 0 Å². The highest BCUT2D eigenvalue weighted by Crippen LogP contribution is 2.31. The Morgan fingerprint density at radius 1 is 1.32 bits per heavy atom. The predicted octanol–water partition coefficient (Wildman–Crippen LogP) is 2.14. The Morgan fingerprint density at radius 2 is 2.18 bits per heavy atom. The molecule has 0 atom stereocenters. The van der Waals surface area contributed by atoms with Crippen LogP contribution in [0.3, 0.4) is 0 Å². The van der Waals surface area contributed by atoms with Crippen LogP contribution in [0.1, 0.15) is 6.42 Å². The number of fused-ring (bicyclic) bond motifs is 1. The monoisotopic (exact) mass is 301 g/mol. The molecule has 114 valence electrons. The Morgan fingerprint density at radius 3 is 2.91 bits per heavy atom. The molecule has 0 radical (unpaired) electrons. The number of aromatic nitrogens is 3. The first-order valence-electron chi connectivity index (χ1n) is 6.93. The number of aliphatic hydroxyl groups excluding tert-OH is 1. The van der Waals surface area contributed by atoms with E-state index in [1.54, 1.807) is 24.4 Å². The third kappa shape index (κ3) is 2.71. The Balaban J connectivity index is 2.10. The Hall–Kier alpha value is -2.67. The summed E-state index contributed by atoms with van der Waals surface area (Å²) in [5, 5.41) is 19.0. The van der Waals surface area contributed by atoms with Crippen molar-refractivity contribution in [1.82, 2.24) is 15.2 Å². The zero-order valence-corrected chi connectivity index (χ0v) is 11.8. The van der Waals surface area contributed by atoms with Gasteiger partial charge in [0.1, 0.15) is 11.6 Å². The van der Waals surface area contributed by atoms with E-state index in [4.69, 9.17) is 10.8 Å². The highest BCUT2D eigenvalue weighted by Gasteiger charge is 2.12. The lowest BCUT2D eigenvalue weighted by atomic mass is 10.1. The first kappa shape index (κ1) is 14.3. The van der Waals surface area contributed by atoms with Gasteiger partial charge in [0.2, 0.25) is 0 Å². The summed E-state index contributed by atoms with van der Waals surface area (Å²) in [4.78, 5) is 4.21. The van der Waals surface area contributed by atoms with Crippen LogP contribution in [0, 0.1) is 5.82 Å². The van der Waals surface area contributed by atoms with Gasteiger partial charge in [-0.25, -0.2) is 9.37 Å². The lowest BCUT2D eigenvalue weighted by Gasteiger charge is -2.12. The fourth-order valence-electron chi connectivity index (χ4n) is 2.35. The van der Waals surface area contributed by atoms with E-state index in [0.717, 1.165) is 0 Å². The average molecular weight is 301 g/mol. The fraction of sp³-hybridized carbons (Fsp3) is 0.200. The van der Waals surface area contributed by atoms with Gasteiger partial charge in [-0.2, -0.15) is 5.10 Å².